The molecule has 6 heteroatoms. The molecule has 0 bridgehead atoms. The molecule has 0 aromatic heterocycles. The molecule has 0 saturated carbocycles. The van der Waals surface area contributed by atoms with E-state index in [1.807, 2.05) is 30.3 Å². The minimum atomic E-state index is -0.536. The van der Waals surface area contributed by atoms with Gasteiger partial charge in [-0.05, 0) is 48.5 Å². The van der Waals surface area contributed by atoms with Crippen LogP contribution in [0.25, 0.3) is 0 Å². The van der Waals surface area contributed by atoms with Gasteiger partial charge in [-0.25, -0.2) is 0 Å². The maximum atomic E-state index is 12.2. The minimum absolute atomic E-state index is 0.0326. The van der Waals surface area contributed by atoms with Gasteiger partial charge in [0.2, 0.25) is 0 Å². The monoisotopic (exact) mass is 348 g/mol. The van der Waals surface area contributed by atoms with Crippen molar-refractivity contribution in [1.82, 2.24) is 10.9 Å². The van der Waals surface area contributed by atoms with Crippen molar-refractivity contribution in [3.63, 3.8) is 0 Å². The third-order valence-corrected chi connectivity index (χ3v) is 3.47. The Balaban J connectivity index is 1.63. The van der Waals surface area contributed by atoms with E-state index in [4.69, 9.17) is 4.74 Å². The molecule has 6 nitrogen and oxygen atoms in total. The maximum absolute atomic E-state index is 12.2. The number of aromatic hydroxyl groups is 1. The molecular weight excluding hydrogens is 332 g/mol. The van der Waals surface area contributed by atoms with Gasteiger partial charge in [0.25, 0.3) is 11.8 Å². The lowest BCUT2D eigenvalue weighted by Gasteiger charge is -2.09. The molecule has 3 aromatic rings. The molecule has 3 rings (SSSR count). The molecule has 130 valence electrons. The summed E-state index contributed by atoms with van der Waals surface area (Å²) in [6.45, 7) is 0. The molecule has 0 atom stereocenters. The van der Waals surface area contributed by atoms with Crippen molar-refractivity contribution in [3.8, 4) is 17.2 Å². The topological polar surface area (TPSA) is 87.7 Å². The Hall–Kier alpha value is -3.80. The summed E-state index contributed by atoms with van der Waals surface area (Å²) in [7, 11) is 0. The lowest BCUT2D eigenvalue weighted by Crippen LogP contribution is -2.41. The smallest absolute Gasteiger partial charge is 0.269 e. The lowest BCUT2D eigenvalue weighted by molar-refractivity contribution is 0.0846. The van der Waals surface area contributed by atoms with E-state index < -0.39 is 11.8 Å². The number of para-hydroxylation sites is 1. The normalized spacial score (nSPS) is 10.0. The number of hydrazine groups is 1. The molecule has 0 spiro atoms. The average Bonchev–Trinajstić information content (AvgIpc) is 2.67. The summed E-state index contributed by atoms with van der Waals surface area (Å²) < 4.78 is 5.68. The molecular formula is C20H16N2O4. The number of nitrogens with one attached hydrogen (secondary N) is 2. The van der Waals surface area contributed by atoms with Crippen LogP contribution in [0.2, 0.25) is 0 Å². The zero-order valence-electron chi connectivity index (χ0n) is 13.7. The summed E-state index contributed by atoms with van der Waals surface area (Å²) in [6.07, 6.45) is 0. The first-order valence-corrected chi connectivity index (χ1v) is 7.84. The van der Waals surface area contributed by atoms with Crippen LogP contribution >= 0.6 is 0 Å². The highest BCUT2D eigenvalue weighted by atomic mass is 16.5. The number of benzene rings is 3. The number of carbonyl (C=O) groups is 2. The highest BCUT2D eigenvalue weighted by Crippen LogP contribution is 2.21. The summed E-state index contributed by atoms with van der Waals surface area (Å²) in [5.74, 6) is 0.100. The van der Waals surface area contributed by atoms with Crippen LogP contribution in [0.3, 0.4) is 0 Å². The second kappa shape index (κ2) is 7.85. The fourth-order valence-electron chi connectivity index (χ4n) is 2.23. The van der Waals surface area contributed by atoms with Crippen LogP contribution < -0.4 is 15.6 Å². The van der Waals surface area contributed by atoms with Crippen LogP contribution in [0.15, 0.2) is 78.9 Å². The summed E-state index contributed by atoms with van der Waals surface area (Å²) >= 11 is 0. The Labute approximate surface area is 150 Å². The van der Waals surface area contributed by atoms with Crippen molar-refractivity contribution in [2.45, 2.75) is 0 Å². The van der Waals surface area contributed by atoms with E-state index in [-0.39, 0.29) is 11.3 Å². The molecule has 0 radical (unpaired) electrons. The van der Waals surface area contributed by atoms with Crippen molar-refractivity contribution in [1.29, 1.82) is 0 Å². The van der Waals surface area contributed by atoms with Gasteiger partial charge >= 0.3 is 0 Å². The van der Waals surface area contributed by atoms with Gasteiger partial charge < -0.3 is 9.84 Å². The Morgan fingerprint density at radius 2 is 1.27 bits per heavy atom. The number of hydrogen-bond acceptors (Lipinski definition) is 4. The van der Waals surface area contributed by atoms with E-state index in [9.17, 15) is 14.7 Å². The average molecular weight is 348 g/mol. The van der Waals surface area contributed by atoms with Crippen LogP contribution in [0.1, 0.15) is 20.7 Å². The lowest BCUT2D eigenvalue weighted by atomic mass is 10.2. The zero-order chi connectivity index (χ0) is 18.4. The van der Waals surface area contributed by atoms with Crippen molar-refractivity contribution in [3.05, 3.63) is 90.0 Å². The first kappa shape index (κ1) is 17.0. The SMILES string of the molecule is O=C(NNC(=O)c1cccc(Oc2ccccc2)c1)c1cccc(O)c1. The Bertz CT molecular complexity index is 926. The molecule has 26 heavy (non-hydrogen) atoms. The van der Waals surface area contributed by atoms with Crippen LogP contribution in [0.4, 0.5) is 0 Å². The number of rotatable bonds is 4. The number of phenolic OH excluding ortho intramolecular Hbond substituents is 1. The Morgan fingerprint density at radius 3 is 1.92 bits per heavy atom. The number of hydrogen-bond donors (Lipinski definition) is 3. The predicted octanol–water partition coefficient (Wildman–Crippen LogP) is 3.26. The van der Waals surface area contributed by atoms with Gasteiger partial charge in [0.15, 0.2) is 0 Å². The van der Waals surface area contributed by atoms with Crippen molar-refractivity contribution >= 4 is 11.8 Å². The third kappa shape index (κ3) is 4.39. The Morgan fingerprint density at radius 1 is 0.692 bits per heavy atom. The third-order valence-electron chi connectivity index (χ3n) is 3.47. The van der Waals surface area contributed by atoms with Crippen molar-refractivity contribution < 1.29 is 19.4 Å². The Kier molecular flexibility index (Phi) is 5.14. The van der Waals surface area contributed by atoms with E-state index in [0.29, 0.717) is 17.1 Å². The van der Waals surface area contributed by atoms with E-state index in [1.165, 1.54) is 24.3 Å². The van der Waals surface area contributed by atoms with Gasteiger partial charge in [-0.15, -0.1) is 0 Å². The van der Waals surface area contributed by atoms with Gasteiger partial charge in [0.05, 0.1) is 0 Å². The first-order chi connectivity index (χ1) is 12.6. The number of phenols is 1. The second-order valence-corrected chi connectivity index (χ2v) is 5.40. The summed E-state index contributed by atoms with van der Waals surface area (Å²) in [4.78, 5) is 24.2. The van der Waals surface area contributed by atoms with Crippen molar-refractivity contribution in [2.24, 2.45) is 0 Å². The highest BCUT2D eigenvalue weighted by Gasteiger charge is 2.10. The number of carbonyl (C=O) groups excluding carboxylic acids is 2. The molecule has 0 fully saturated rings. The molecule has 0 saturated heterocycles. The summed E-state index contributed by atoms with van der Waals surface area (Å²) in [5, 5.41) is 9.39. The fraction of sp³-hybridized carbons (Fsp3) is 0. The predicted molar refractivity (Wildman–Crippen MR) is 96.0 cm³/mol. The van der Waals surface area contributed by atoms with Gasteiger partial charge in [-0.1, -0.05) is 30.3 Å². The van der Waals surface area contributed by atoms with E-state index in [0.717, 1.165) is 0 Å². The summed E-state index contributed by atoms with van der Waals surface area (Å²) in [5.41, 5.74) is 5.19. The van der Waals surface area contributed by atoms with Gasteiger partial charge in [0.1, 0.15) is 17.2 Å². The van der Waals surface area contributed by atoms with Gasteiger partial charge in [-0.3, -0.25) is 20.4 Å². The summed E-state index contributed by atoms with van der Waals surface area (Å²) in [6, 6.07) is 21.6. The molecule has 3 aromatic carbocycles. The highest BCUT2D eigenvalue weighted by molar-refractivity contribution is 5.99. The maximum Gasteiger partial charge on any atom is 0.269 e. The molecule has 3 N–H and O–H groups in total. The molecule has 0 aliphatic rings. The van der Waals surface area contributed by atoms with Gasteiger partial charge in [-0.2, -0.15) is 0 Å². The quantitative estimate of drug-likeness (QED) is 0.632. The van der Waals surface area contributed by atoms with Crippen LogP contribution in [-0.4, -0.2) is 16.9 Å². The molecule has 2 amide bonds. The molecule has 0 unspecified atom stereocenters. The van der Waals surface area contributed by atoms with Crippen LogP contribution in [0.5, 0.6) is 17.2 Å². The van der Waals surface area contributed by atoms with Crippen LogP contribution in [0, 0.1) is 0 Å². The van der Waals surface area contributed by atoms with Gasteiger partial charge in [0, 0.05) is 11.1 Å². The fourth-order valence-corrected chi connectivity index (χ4v) is 2.23. The number of amides is 2. The van der Waals surface area contributed by atoms with Crippen LogP contribution in [-0.2, 0) is 0 Å². The van der Waals surface area contributed by atoms with E-state index in [1.54, 1.807) is 24.3 Å². The number of ether oxygens (including phenoxy) is 1. The van der Waals surface area contributed by atoms with Crippen molar-refractivity contribution in [2.75, 3.05) is 0 Å². The largest absolute Gasteiger partial charge is 0.508 e. The zero-order valence-corrected chi connectivity index (χ0v) is 13.7. The standard InChI is InChI=1S/C20H16N2O4/c23-16-8-4-6-14(12-16)19(24)21-22-20(25)15-7-5-11-18(13-15)26-17-9-2-1-3-10-17/h1-13,23H,(H,21,24)(H,22,25). The molecule has 0 aliphatic heterocycles. The first-order valence-electron chi connectivity index (χ1n) is 7.84. The molecule has 0 aliphatic carbocycles. The minimum Gasteiger partial charge on any atom is -0.508 e. The van der Waals surface area contributed by atoms with E-state index in [2.05, 4.69) is 10.9 Å². The molecule has 0 heterocycles. The second-order valence-electron chi connectivity index (χ2n) is 5.40. The van der Waals surface area contributed by atoms with E-state index >= 15 is 0 Å².